The summed E-state index contributed by atoms with van der Waals surface area (Å²) >= 11 is 0. The van der Waals surface area contributed by atoms with Crippen LogP contribution in [0.4, 0.5) is 19.3 Å². The molecule has 2 aromatic carbocycles. The van der Waals surface area contributed by atoms with Crippen LogP contribution in [0, 0.1) is 17.6 Å². The van der Waals surface area contributed by atoms with Gasteiger partial charge in [0.05, 0.1) is 18.2 Å². The number of ether oxygens (including phenoxy) is 1. The first-order valence-corrected chi connectivity index (χ1v) is 11.8. The largest absolute Gasteiger partial charge is 0.481 e. The van der Waals surface area contributed by atoms with Crippen molar-refractivity contribution in [3.05, 3.63) is 65.2 Å². The van der Waals surface area contributed by atoms with Crippen molar-refractivity contribution in [3.8, 4) is 0 Å². The molecule has 2 aliphatic rings. The Morgan fingerprint density at radius 2 is 1.86 bits per heavy atom. The van der Waals surface area contributed by atoms with Crippen molar-refractivity contribution >= 4 is 23.7 Å². The molecule has 0 bridgehead atoms. The molecule has 9 heteroatoms. The highest BCUT2D eigenvalue weighted by Gasteiger charge is 2.48. The molecule has 0 spiro atoms. The van der Waals surface area contributed by atoms with Crippen LogP contribution in [-0.2, 0) is 20.9 Å². The number of fused-ring (bicyclic) bond motifs is 2. The highest BCUT2D eigenvalue weighted by Crippen LogP contribution is 2.50. The number of hydrogen-bond donors (Lipinski definition) is 1. The fourth-order valence-corrected chi connectivity index (χ4v) is 5.39. The van der Waals surface area contributed by atoms with E-state index in [2.05, 4.69) is 0 Å². The summed E-state index contributed by atoms with van der Waals surface area (Å²) in [5.41, 5.74) is 1.79. The molecule has 35 heavy (non-hydrogen) atoms. The molecule has 0 saturated heterocycles. The Morgan fingerprint density at radius 3 is 2.57 bits per heavy atom. The van der Waals surface area contributed by atoms with Crippen molar-refractivity contribution in [3.63, 3.8) is 0 Å². The molecule has 7 nitrogen and oxygen atoms in total. The van der Waals surface area contributed by atoms with Gasteiger partial charge < -0.3 is 14.7 Å². The molecule has 3 atom stereocenters. The topological polar surface area (TPSA) is 87.2 Å². The van der Waals surface area contributed by atoms with Gasteiger partial charge in [0.15, 0.2) is 11.6 Å². The SMILES string of the molecule is CCN(C(=O)CCC(=O)O)C1c2ccccc2N(C(=O)OCc2ccc(F)c(F)c2)C2CCCC12. The Hall–Kier alpha value is -3.49. The fraction of sp³-hybridized carbons (Fsp3) is 0.423. The van der Waals surface area contributed by atoms with Gasteiger partial charge in [0.25, 0.3) is 0 Å². The lowest BCUT2D eigenvalue weighted by Crippen LogP contribution is -2.52. The van der Waals surface area contributed by atoms with Crippen LogP contribution in [0.2, 0.25) is 0 Å². The molecule has 2 aromatic rings. The maximum atomic E-state index is 13.6. The molecule has 0 aromatic heterocycles. The molecule has 1 aliphatic carbocycles. The minimum atomic E-state index is -1.02. The van der Waals surface area contributed by atoms with Gasteiger partial charge >= 0.3 is 12.1 Å². The molecule has 1 aliphatic heterocycles. The number of amides is 2. The number of anilines is 1. The van der Waals surface area contributed by atoms with Gasteiger partial charge in [0, 0.05) is 24.9 Å². The molecule has 186 valence electrons. The standard InChI is InChI=1S/C26H28F2N2O5/c1-2-29(23(31)12-13-24(32)33)25-17-6-3-4-8-21(17)30(22-9-5-7-18(22)25)26(34)35-15-16-10-11-19(27)20(28)14-16/h3-4,6,8,10-11,14,18,22,25H,2,5,7,9,12-13,15H2,1H3,(H,32,33). The predicted molar refractivity (Wildman–Crippen MR) is 124 cm³/mol. The van der Waals surface area contributed by atoms with E-state index in [-0.39, 0.29) is 43.4 Å². The smallest absolute Gasteiger partial charge is 0.414 e. The number of carbonyl (C=O) groups is 3. The summed E-state index contributed by atoms with van der Waals surface area (Å²) in [5, 5.41) is 9.02. The number of para-hydroxylation sites is 1. The minimum absolute atomic E-state index is 0.0329. The minimum Gasteiger partial charge on any atom is -0.481 e. The fourth-order valence-electron chi connectivity index (χ4n) is 5.39. The molecule has 4 rings (SSSR count). The van der Waals surface area contributed by atoms with Crippen LogP contribution in [0.25, 0.3) is 0 Å². The quantitative estimate of drug-likeness (QED) is 0.592. The first-order valence-electron chi connectivity index (χ1n) is 11.8. The van der Waals surface area contributed by atoms with Gasteiger partial charge in [0.1, 0.15) is 6.61 Å². The summed E-state index contributed by atoms with van der Waals surface area (Å²) in [4.78, 5) is 40.7. The molecule has 2 amide bonds. The van der Waals surface area contributed by atoms with E-state index in [0.717, 1.165) is 37.0 Å². The second kappa shape index (κ2) is 10.4. The van der Waals surface area contributed by atoms with Crippen molar-refractivity contribution in [1.82, 2.24) is 4.90 Å². The zero-order valence-corrected chi connectivity index (χ0v) is 19.5. The van der Waals surface area contributed by atoms with Crippen molar-refractivity contribution < 1.29 is 33.0 Å². The number of aliphatic carboxylic acids is 1. The van der Waals surface area contributed by atoms with E-state index in [1.165, 1.54) is 6.07 Å². The first-order chi connectivity index (χ1) is 16.8. The van der Waals surface area contributed by atoms with Crippen molar-refractivity contribution in [2.45, 2.75) is 57.7 Å². The molecule has 1 saturated carbocycles. The van der Waals surface area contributed by atoms with Crippen LogP contribution in [0.1, 0.15) is 56.2 Å². The van der Waals surface area contributed by atoms with E-state index in [1.54, 1.807) is 9.80 Å². The zero-order valence-electron chi connectivity index (χ0n) is 19.5. The van der Waals surface area contributed by atoms with E-state index < -0.39 is 23.7 Å². The normalized spacial score (nSPS) is 20.7. The highest BCUT2D eigenvalue weighted by atomic mass is 19.2. The number of benzene rings is 2. The summed E-state index contributed by atoms with van der Waals surface area (Å²) in [6, 6.07) is 10.2. The van der Waals surface area contributed by atoms with E-state index >= 15 is 0 Å². The zero-order chi connectivity index (χ0) is 25.1. The first kappa shape index (κ1) is 24.6. The van der Waals surface area contributed by atoms with E-state index in [4.69, 9.17) is 9.84 Å². The number of nitrogens with zero attached hydrogens (tertiary/aromatic N) is 2. The number of carbonyl (C=O) groups excluding carboxylic acids is 2. The van der Waals surface area contributed by atoms with Gasteiger partial charge in [-0.3, -0.25) is 14.5 Å². The van der Waals surface area contributed by atoms with Crippen LogP contribution in [0.5, 0.6) is 0 Å². The van der Waals surface area contributed by atoms with Crippen molar-refractivity contribution in [1.29, 1.82) is 0 Å². The number of hydrogen-bond acceptors (Lipinski definition) is 4. The third-order valence-corrected chi connectivity index (χ3v) is 6.88. The Kier molecular flexibility index (Phi) is 7.33. The Morgan fingerprint density at radius 1 is 1.09 bits per heavy atom. The summed E-state index contributed by atoms with van der Waals surface area (Å²) in [7, 11) is 0. The third kappa shape index (κ3) is 4.99. The maximum Gasteiger partial charge on any atom is 0.414 e. The van der Waals surface area contributed by atoms with Crippen LogP contribution in [0.3, 0.4) is 0 Å². The number of carboxylic acid groups (broad SMARTS) is 1. The number of halogens is 2. The second-order valence-corrected chi connectivity index (χ2v) is 8.91. The van der Waals surface area contributed by atoms with Gasteiger partial charge in [-0.05, 0) is 49.1 Å². The van der Waals surface area contributed by atoms with Gasteiger partial charge in [-0.1, -0.05) is 30.7 Å². The van der Waals surface area contributed by atoms with E-state index in [9.17, 15) is 23.2 Å². The average molecular weight is 487 g/mol. The second-order valence-electron chi connectivity index (χ2n) is 8.91. The maximum absolute atomic E-state index is 13.6. The van der Waals surface area contributed by atoms with Crippen molar-refractivity contribution in [2.75, 3.05) is 11.4 Å². The van der Waals surface area contributed by atoms with Crippen LogP contribution in [-0.4, -0.2) is 40.6 Å². The average Bonchev–Trinajstić information content (AvgIpc) is 3.32. The van der Waals surface area contributed by atoms with Gasteiger partial charge in [0.2, 0.25) is 5.91 Å². The predicted octanol–water partition coefficient (Wildman–Crippen LogP) is 5.04. The number of rotatable bonds is 7. The van der Waals surface area contributed by atoms with Crippen LogP contribution < -0.4 is 4.90 Å². The molecular weight excluding hydrogens is 458 g/mol. The molecule has 1 N–H and O–H groups in total. The van der Waals surface area contributed by atoms with Crippen LogP contribution >= 0.6 is 0 Å². The molecule has 1 heterocycles. The molecular formula is C26H28F2N2O5. The van der Waals surface area contributed by atoms with Crippen LogP contribution in [0.15, 0.2) is 42.5 Å². The highest BCUT2D eigenvalue weighted by molar-refractivity contribution is 5.91. The summed E-state index contributed by atoms with van der Waals surface area (Å²) in [6.07, 6.45) is 1.50. The number of carboxylic acids is 1. The van der Waals surface area contributed by atoms with E-state index in [0.29, 0.717) is 17.8 Å². The monoisotopic (exact) mass is 486 g/mol. The third-order valence-electron chi connectivity index (χ3n) is 6.88. The lowest BCUT2D eigenvalue weighted by molar-refractivity contribution is -0.142. The summed E-state index contributed by atoms with van der Waals surface area (Å²) in [5.74, 6) is -3.26. The Labute approximate surface area is 202 Å². The van der Waals surface area contributed by atoms with Gasteiger partial charge in [-0.25, -0.2) is 13.6 Å². The Bertz CT molecular complexity index is 1120. The van der Waals surface area contributed by atoms with Crippen molar-refractivity contribution in [2.24, 2.45) is 5.92 Å². The molecule has 3 unspecified atom stereocenters. The molecule has 0 radical (unpaired) electrons. The van der Waals surface area contributed by atoms with E-state index in [1.807, 2.05) is 31.2 Å². The lowest BCUT2D eigenvalue weighted by atomic mass is 9.81. The summed E-state index contributed by atoms with van der Waals surface area (Å²) < 4.78 is 32.3. The lowest BCUT2D eigenvalue weighted by Gasteiger charge is -2.46. The summed E-state index contributed by atoms with van der Waals surface area (Å²) in [6.45, 7) is 2.08. The Balaban J connectivity index is 1.62. The van der Waals surface area contributed by atoms with Gasteiger partial charge in [-0.15, -0.1) is 0 Å². The molecule has 1 fully saturated rings. The van der Waals surface area contributed by atoms with Gasteiger partial charge in [-0.2, -0.15) is 0 Å².